The summed E-state index contributed by atoms with van der Waals surface area (Å²) >= 11 is 11.9. The highest BCUT2D eigenvalue weighted by molar-refractivity contribution is 6.32. The SMILES string of the molecule is COc1ccc(Cl)cc1NC(=O)c1ccc(C)c(Cl)c1. The third-order valence-corrected chi connectivity index (χ3v) is 3.49. The molecule has 0 radical (unpaired) electrons. The Balaban J connectivity index is 2.27. The predicted octanol–water partition coefficient (Wildman–Crippen LogP) is 4.56. The Bertz CT molecular complexity index is 656. The Morgan fingerprint density at radius 3 is 2.55 bits per heavy atom. The lowest BCUT2D eigenvalue weighted by atomic mass is 10.1. The van der Waals surface area contributed by atoms with Gasteiger partial charge in [-0.05, 0) is 42.8 Å². The maximum absolute atomic E-state index is 12.2. The van der Waals surface area contributed by atoms with Crippen LogP contribution in [0.25, 0.3) is 0 Å². The summed E-state index contributed by atoms with van der Waals surface area (Å²) < 4.78 is 5.18. The number of hydrogen-bond donors (Lipinski definition) is 1. The van der Waals surface area contributed by atoms with Gasteiger partial charge in [0.25, 0.3) is 5.91 Å². The average molecular weight is 310 g/mol. The number of carbonyl (C=O) groups excluding carboxylic acids is 1. The molecule has 1 amide bonds. The Kier molecular flexibility index (Phi) is 4.53. The van der Waals surface area contributed by atoms with Gasteiger partial charge in [0.2, 0.25) is 0 Å². The van der Waals surface area contributed by atoms with Gasteiger partial charge in [0, 0.05) is 15.6 Å². The number of aryl methyl sites for hydroxylation is 1. The number of ether oxygens (including phenoxy) is 1. The van der Waals surface area contributed by atoms with Crippen LogP contribution in [0.15, 0.2) is 36.4 Å². The molecule has 2 aromatic rings. The maximum atomic E-state index is 12.2. The summed E-state index contributed by atoms with van der Waals surface area (Å²) in [4.78, 5) is 12.2. The van der Waals surface area contributed by atoms with E-state index in [0.717, 1.165) is 5.56 Å². The number of nitrogens with one attached hydrogen (secondary N) is 1. The lowest BCUT2D eigenvalue weighted by molar-refractivity contribution is 0.102. The third kappa shape index (κ3) is 3.24. The molecule has 0 heterocycles. The van der Waals surface area contributed by atoms with Crippen molar-refractivity contribution in [2.24, 2.45) is 0 Å². The second kappa shape index (κ2) is 6.16. The quantitative estimate of drug-likeness (QED) is 0.902. The minimum atomic E-state index is -0.271. The first-order valence-electron chi connectivity index (χ1n) is 5.92. The monoisotopic (exact) mass is 309 g/mol. The van der Waals surface area contributed by atoms with Crippen molar-refractivity contribution in [3.8, 4) is 5.75 Å². The van der Waals surface area contributed by atoms with Crippen LogP contribution in [0.3, 0.4) is 0 Å². The zero-order valence-corrected chi connectivity index (χ0v) is 12.5. The van der Waals surface area contributed by atoms with E-state index in [9.17, 15) is 4.79 Å². The average Bonchev–Trinajstić information content (AvgIpc) is 2.42. The Morgan fingerprint density at radius 1 is 1.15 bits per heavy atom. The molecule has 0 aliphatic carbocycles. The number of methoxy groups -OCH3 is 1. The van der Waals surface area contributed by atoms with E-state index in [1.165, 1.54) is 7.11 Å². The molecule has 104 valence electrons. The van der Waals surface area contributed by atoms with Gasteiger partial charge < -0.3 is 10.1 Å². The molecule has 0 saturated heterocycles. The second-order valence-electron chi connectivity index (χ2n) is 4.26. The fraction of sp³-hybridized carbons (Fsp3) is 0.133. The van der Waals surface area contributed by atoms with E-state index in [4.69, 9.17) is 27.9 Å². The smallest absolute Gasteiger partial charge is 0.255 e. The zero-order chi connectivity index (χ0) is 14.7. The summed E-state index contributed by atoms with van der Waals surface area (Å²) in [5.41, 5.74) is 1.91. The van der Waals surface area contributed by atoms with Gasteiger partial charge in [-0.25, -0.2) is 0 Å². The highest BCUT2D eigenvalue weighted by Gasteiger charge is 2.11. The van der Waals surface area contributed by atoms with Crippen LogP contribution < -0.4 is 10.1 Å². The van der Waals surface area contributed by atoms with E-state index in [1.54, 1.807) is 36.4 Å². The van der Waals surface area contributed by atoms with Crippen molar-refractivity contribution in [3.63, 3.8) is 0 Å². The summed E-state index contributed by atoms with van der Waals surface area (Å²) in [7, 11) is 1.53. The van der Waals surface area contributed by atoms with Crippen LogP contribution in [0.4, 0.5) is 5.69 Å². The van der Waals surface area contributed by atoms with Gasteiger partial charge in [-0.1, -0.05) is 29.3 Å². The molecule has 0 atom stereocenters. The molecule has 5 heteroatoms. The molecule has 2 rings (SSSR count). The highest BCUT2D eigenvalue weighted by atomic mass is 35.5. The van der Waals surface area contributed by atoms with Gasteiger partial charge >= 0.3 is 0 Å². The molecule has 3 nitrogen and oxygen atoms in total. The van der Waals surface area contributed by atoms with E-state index in [-0.39, 0.29) is 5.91 Å². The van der Waals surface area contributed by atoms with Crippen LogP contribution in [0.5, 0.6) is 5.75 Å². The minimum Gasteiger partial charge on any atom is -0.495 e. The van der Waals surface area contributed by atoms with Crippen molar-refractivity contribution >= 4 is 34.8 Å². The van der Waals surface area contributed by atoms with Crippen molar-refractivity contribution in [2.75, 3.05) is 12.4 Å². The first-order valence-corrected chi connectivity index (χ1v) is 6.68. The van der Waals surface area contributed by atoms with Crippen molar-refractivity contribution in [1.82, 2.24) is 0 Å². The van der Waals surface area contributed by atoms with Crippen LogP contribution >= 0.6 is 23.2 Å². The van der Waals surface area contributed by atoms with Crippen molar-refractivity contribution < 1.29 is 9.53 Å². The Hall–Kier alpha value is -1.71. The topological polar surface area (TPSA) is 38.3 Å². The number of anilines is 1. The standard InChI is InChI=1S/C15H13Cl2NO2/c1-9-3-4-10(7-12(9)17)15(19)18-13-8-11(16)5-6-14(13)20-2/h3-8H,1-2H3,(H,18,19). The fourth-order valence-corrected chi connectivity index (χ4v) is 2.06. The Morgan fingerprint density at radius 2 is 1.90 bits per heavy atom. The third-order valence-electron chi connectivity index (χ3n) is 2.84. The maximum Gasteiger partial charge on any atom is 0.255 e. The first-order chi connectivity index (χ1) is 9.51. The van der Waals surface area contributed by atoms with Crippen LogP contribution in [0.2, 0.25) is 10.0 Å². The molecule has 0 aliphatic rings. The van der Waals surface area contributed by atoms with Gasteiger partial charge in [0.15, 0.2) is 0 Å². The molecule has 0 bridgehead atoms. The van der Waals surface area contributed by atoms with Crippen molar-refractivity contribution in [1.29, 1.82) is 0 Å². The lowest BCUT2D eigenvalue weighted by Crippen LogP contribution is -2.12. The van der Waals surface area contributed by atoms with E-state index in [0.29, 0.717) is 27.0 Å². The molecule has 2 aromatic carbocycles. The van der Waals surface area contributed by atoms with E-state index in [2.05, 4.69) is 5.32 Å². The second-order valence-corrected chi connectivity index (χ2v) is 5.11. The number of rotatable bonds is 3. The number of benzene rings is 2. The number of carbonyl (C=O) groups is 1. The normalized spacial score (nSPS) is 10.2. The largest absolute Gasteiger partial charge is 0.495 e. The molecule has 20 heavy (non-hydrogen) atoms. The summed E-state index contributed by atoms with van der Waals surface area (Å²) in [6.07, 6.45) is 0. The summed E-state index contributed by atoms with van der Waals surface area (Å²) in [6.45, 7) is 1.88. The van der Waals surface area contributed by atoms with Crippen LogP contribution in [0.1, 0.15) is 15.9 Å². The molecule has 0 unspecified atom stereocenters. The highest BCUT2D eigenvalue weighted by Crippen LogP contribution is 2.28. The predicted molar refractivity (Wildman–Crippen MR) is 82.1 cm³/mol. The summed E-state index contributed by atoms with van der Waals surface area (Å²) in [5.74, 6) is 0.272. The molecule has 0 aliphatic heterocycles. The summed E-state index contributed by atoms with van der Waals surface area (Å²) in [6, 6.07) is 10.2. The number of halogens is 2. The van der Waals surface area contributed by atoms with Crippen LogP contribution in [0, 0.1) is 6.92 Å². The molecule has 1 N–H and O–H groups in total. The van der Waals surface area contributed by atoms with Crippen LogP contribution in [-0.4, -0.2) is 13.0 Å². The fourth-order valence-electron chi connectivity index (χ4n) is 1.71. The molecule has 0 spiro atoms. The van der Waals surface area contributed by atoms with Gasteiger partial charge in [-0.3, -0.25) is 4.79 Å². The van der Waals surface area contributed by atoms with Crippen LogP contribution in [-0.2, 0) is 0 Å². The molecule has 0 aromatic heterocycles. The minimum absolute atomic E-state index is 0.271. The van der Waals surface area contributed by atoms with Gasteiger partial charge in [-0.15, -0.1) is 0 Å². The number of hydrogen-bond acceptors (Lipinski definition) is 2. The molecule has 0 saturated carbocycles. The van der Waals surface area contributed by atoms with Gasteiger partial charge in [0.1, 0.15) is 5.75 Å². The van der Waals surface area contributed by atoms with E-state index in [1.807, 2.05) is 6.92 Å². The van der Waals surface area contributed by atoms with E-state index >= 15 is 0 Å². The Labute approximate surface area is 127 Å². The van der Waals surface area contributed by atoms with E-state index < -0.39 is 0 Å². The first kappa shape index (κ1) is 14.7. The van der Waals surface area contributed by atoms with Gasteiger partial charge in [-0.2, -0.15) is 0 Å². The van der Waals surface area contributed by atoms with Crippen molar-refractivity contribution in [2.45, 2.75) is 6.92 Å². The summed E-state index contributed by atoms with van der Waals surface area (Å²) in [5, 5.41) is 3.83. The molecule has 0 fully saturated rings. The number of amides is 1. The van der Waals surface area contributed by atoms with Gasteiger partial charge in [0.05, 0.1) is 12.8 Å². The van der Waals surface area contributed by atoms with Crippen molar-refractivity contribution in [3.05, 3.63) is 57.6 Å². The molecular weight excluding hydrogens is 297 g/mol. The zero-order valence-electron chi connectivity index (χ0n) is 11.0. The molecular formula is C15H13Cl2NO2. The lowest BCUT2D eigenvalue weighted by Gasteiger charge is -2.11.